The highest BCUT2D eigenvalue weighted by molar-refractivity contribution is 7.26. The van der Waals surface area contributed by atoms with E-state index in [-0.39, 0.29) is 0 Å². The summed E-state index contributed by atoms with van der Waals surface area (Å²) in [6.07, 6.45) is 0. The number of thiophene rings is 1. The number of nitrogens with zero attached hydrogens (tertiary/aromatic N) is 2. The van der Waals surface area contributed by atoms with Crippen LogP contribution in [0, 0.1) is 0 Å². The lowest BCUT2D eigenvalue weighted by Gasteiger charge is -2.11. The Morgan fingerprint density at radius 3 is 1.84 bits per heavy atom. The number of furan rings is 1. The maximum atomic E-state index is 6.41. The smallest absolute Gasteiger partial charge is 0.160 e. The largest absolute Gasteiger partial charge is 0.455 e. The van der Waals surface area contributed by atoms with Crippen LogP contribution in [0.25, 0.3) is 98.3 Å². The van der Waals surface area contributed by atoms with Crippen LogP contribution in [0.15, 0.2) is 174 Å². The number of hydrogen-bond donors (Lipinski definition) is 0. The summed E-state index contributed by atoms with van der Waals surface area (Å²) in [6.45, 7) is 0. The maximum absolute atomic E-state index is 6.41. The monoisotopic (exact) mass is 656 g/mol. The summed E-state index contributed by atoms with van der Waals surface area (Å²) in [5, 5.41) is 3.38. The fourth-order valence-corrected chi connectivity index (χ4v) is 8.22. The number of para-hydroxylation sites is 2. The van der Waals surface area contributed by atoms with E-state index in [0.717, 1.165) is 71.1 Å². The number of hydrogen-bond acceptors (Lipinski definition) is 4. The maximum Gasteiger partial charge on any atom is 0.160 e. The van der Waals surface area contributed by atoms with E-state index in [9.17, 15) is 0 Å². The molecular formula is C46H28N2OS. The summed E-state index contributed by atoms with van der Waals surface area (Å²) in [7, 11) is 0. The Kier molecular flexibility index (Phi) is 6.68. The predicted octanol–water partition coefficient (Wildman–Crippen LogP) is 13.1. The SMILES string of the molecule is c1ccc(-c2cccc(-c3cccc(-c4nc(-c5cccc(-c6cccc7c6oc6ccccc67)c5)nc5c4sc4ccccc45)c3)c2)cc1. The van der Waals surface area contributed by atoms with E-state index < -0.39 is 0 Å². The van der Waals surface area contributed by atoms with Crippen molar-refractivity contribution in [2.75, 3.05) is 0 Å². The van der Waals surface area contributed by atoms with Gasteiger partial charge in [0.2, 0.25) is 0 Å². The second-order valence-electron chi connectivity index (χ2n) is 12.6. The van der Waals surface area contributed by atoms with Gasteiger partial charge in [0, 0.05) is 37.5 Å². The van der Waals surface area contributed by atoms with Gasteiger partial charge in [0.05, 0.1) is 15.9 Å². The molecule has 4 heteroatoms. The topological polar surface area (TPSA) is 38.9 Å². The fourth-order valence-electron chi connectivity index (χ4n) is 7.07. The number of aromatic nitrogens is 2. The summed E-state index contributed by atoms with van der Waals surface area (Å²) in [5.74, 6) is 0.700. The molecule has 7 aromatic carbocycles. The lowest BCUT2D eigenvalue weighted by molar-refractivity contribution is 0.670. The van der Waals surface area contributed by atoms with Crippen LogP contribution in [-0.4, -0.2) is 9.97 Å². The first kappa shape index (κ1) is 28.6. The zero-order valence-corrected chi connectivity index (χ0v) is 27.7. The van der Waals surface area contributed by atoms with Crippen LogP contribution in [-0.2, 0) is 0 Å². The van der Waals surface area contributed by atoms with Gasteiger partial charge in [-0.05, 0) is 58.1 Å². The summed E-state index contributed by atoms with van der Waals surface area (Å²) in [4.78, 5) is 10.6. The van der Waals surface area contributed by atoms with E-state index in [1.807, 2.05) is 12.1 Å². The summed E-state index contributed by atoms with van der Waals surface area (Å²) < 4.78 is 8.70. The molecule has 0 atom stereocenters. The lowest BCUT2D eigenvalue weighted by atomic mass is 9.97. The van der Waals surface area contributed by atoms with Crippen molar-refractivity contribution >= 4 is 53.6 Å². The summed E-state index contributed by atoms with van der Waals surface area (Å²) in [6, 6.07) is 59.6. The molecule has 10 rings (SSSR count). The summed E-state index contributed by atoms with van der Waals surface area (Å²) in [5.41, 5.74) is 12.6. The Labute approximate surface area is 292 Å². The van der Waals surface area contributed by atoms with Gasteiger partial charge in [0.25, 0.3) is 0 Å². The first-order valence-corrected chi connectivity index (χ1v) is 17.6. The van der Waals surface area contributed by atoms with Crippen LogP contribution in [0.2, 0.25) is 0 Å². The summed E-state index contributed by atoms with van der Waals surface area (Å²) >= 11 is 1.75. The molecule has 0 N–H and O–H groups in total. The average molecular weight is 657 g/mol. The Morgan fingerprint density at radius 1 is 0.420 bits per heavy atom. The van der Waals surface area contributed by atoms with Gasteiger partial charge >= 0.3 is 0 Å². The van der Waals surface area contributed by atoms with Crippen molar-refractivity contribution in [1.29, 1.82) is 0 Å². The van der Waals surface area contributed by atoms with Crippen LogP contribution in [0.4, 0.5) is 0 Å². The molecule has 0 saturated heterocycles. The molecule has 234 valence electrons. The van der Waals surface area contributed by atoms with Crippen LogP contribution in [0.3, 0.4) is 0 Å². The molecule has 0 saturated carbocycles. The molecule has 3 aromatic heterocycles. The Balaban J connectivity index is 1.13. The van der Waals surface area contributed by atoms with Crippen LogP contribution in [0.5, 0.6) is 0 Å². The second kappa shape index (κ2) is 11.7. The van der Waals surface area contributed by atoms with Crippen molar-refractivity contribution in [2.45, 2.75) is 0 Å². The molecule has 50 heavy (non-hydrogen) atoms. The van der Waals surface area contributed by atoms with E-state index in [1.165, 1.54) is 21.4 Å². The van der Waals surface area contributed by atoms with Crippen LogP contribution < -0.4 is 0 Å². The van der Waals surface area contributed by atoms with Gasteiger partial charge in [-0.1, -0.05) is 140 Å². The first-order chi connectivity index (χ1) is 24.8. The lowest BCUT2D eigenvalue weighted by Crippen LogP contribution is -1.94. The van der Waals surface area contributed by atoms with Crippen molar-refractivity contribution in [2.24, 2.45) is 0 Å². The number of fused-ring (bicyclic) bond motifs is 6. The van der Waals surface area contributed by atoms with Gasteiger partial charge in [0.15, 0.2) is 5.82 Å². The Morgan fingerprint density at radius 2 is 1.00 bits per heavy atom. The molecule has 0 spiro atoms. The molecule has 0 aliphatic carbocycles. The first-order valence-electron chi connectivity index (χ1n) is 16.7. The van der Waals surface area contributed by atoms with Crippen LogP contribution >= 0.6 is 11.3 Å². The number of benzene rings is 7. The van der Waals surface area contributed by atoms with Gasteiger partial charge in [-0.2, -0.15) is 0 Å². The van der Waals surface area contributed by atoms with E-state index in [4.69, 9.17) is 14.4 Å². The highest BCUT2D eigenvalue weighted by atomic mass is 32.1. The van der Waals surface area contributed by atoms with Crippen molar-refractivity contribution in [3.63, 3.8) is 0 Å². The van der Waals surface area contributed by atoms with E-state index in [1.54, 1.807) is 11.3 Å². The van der Waals surface area contributed by atoms with Crippen LogP contribution in [0.1, 0.15) is 0 Å². The van der Waals surface area contributed by atoms with Gasteiger partial charge < -0.3 is 4.42 Å². The third kappa shape index (κ3) is 4.80. The third-order valence-corrected chi connectivity index (χ3v) is 10.7. The molecule has 10 aromatic rings. The second-order valence-corrected chi connectivity index (χ2v) is 13.6. The van der Waals surface area contributed by atoms with E-state index in [2.05, 4.69) is 158 Å². The van der Waals surface area contributed by atoms with E-state index in [0.29, 0.717) is 5.82 Å². The zero-order valence-electron chi connectivity index (χ0n) is 26.9. The molecule has 0 unspecified atom stereocenters. The Hall–Kier alpha value is -6.36. The zero-order chi connectivity index (χ0) is 33.0. The third-order valence-electron chi connectivity index (χ3n) is 9.49. The highest BCUT2D eigenvalue weighted by Crippen LogP contribution is 2.41. The van der Waals surface area contributed by atoms with Crippen molar-refractivity contribution in [3.05, 3.63) is 170 Å². The minimum atomic E-state index is 0.700. The Bertz CT molecular complexity index is 2880. The van der Waals surface area contributed by atoms with E-state index >= 15 is 0 Å². The molecule has 0 aliphatic heterocycles. The van der Waals surface area contributed by atoms with Gasteiger partial charge in [-0.3, -0.25) is 0 Å². The minimum absolute atomic E-state index is 0.700. The van der Waals surface area contributed by atoms with Gasteiger partial charge in [0.1, 0.15) is 11.2 Å². The standard InChI is InChI=1S/C46H28N2OS/c1-2-12-29(13-3-1)30-14-8-15-31(26-30)32-16-9-18-34(27-32)42-45-43(39-21-5-7-25-41(39)50-45)48-46(47-42)35-19-10-17-33(28-35)36-22-11-23-38-37-20-4-6-24-40(37)49-44(36)38/h1-28H. The number of rotatable bonds is 5. The molecule has 0 radical (unpaired) electrons. The highest BCUT2D eigenvalue weighted by Gasteiger charge is 2.18. The molecular weight excluding hydrogens is 629 g/mol. The fraction of sp³-hybridized carbons (Fsp3) is 0. The van der Waals surface area contributed by atoms with Crippen molar-refractivity contribution in [1.82, 2.24) is 9.97 Å². The molecule has 3 heterocycles. The predicted molar refractivity (Wildman–Crippen MR) is 209 cm³/mol. The molecule has 3 nitrogen and oxygen atoms in total. The minimum Gasteiger partial charge on any atom is -0.455 e. The van der Waals surface area contributed by atoms with Gasteiger partial charge in [-0.25, -0.2) is 9.97 Å². The molecule has 0 fully saturated rings. The molecule has 0 amide bonds. The van der Waals surface area contributed by atoms with Gasteiger partial charge in [-0.15, -0.1) is 11.3 Å². The molecule has 0 bridgehead atoms. The average Bonchev–Trinajstić information content (AvgIpc) is 3.77. The molecule has 0 aliphatic rings. The normalized spacial score (nSPS) is 11.6. The quantitative estimate of drug-likeness (QED) is 0.185. The van der Waals surface area contributed by atoms with Crippen molar-refractivity contribution in [3.8, 4) is 56.0 Å². The van der Waals surface area contributed by atoms with Crippen molar-refractivity contribution < 1.29 is 4.42 Å².